The molecule has 2 N–H and O–H groups in total. The van der Waals surface area contributed by atoms with Gasteiger partial charge in [-0.1, -0.05) is 11.6 Å². The van der Waals surface area contributed by atoms with Crippen LogP contribution in [0, 0.1) is 0 Å². The van der Waals surface area contributed by atoms with E-state index in [0.29, 0.717) is 5.69 Å². The highest BCUT2D eigenvalue weighted by Crippen LogP contribution is 2.24. The Hall–Kier alpha value is -2.29. The Morgan fingerprint density at radius 1 is 1.00 bits per heavy atom. The van der Waals surface area contributed by atoms with E-state index in [0.717, 1.165) is 38.1 Å². The normalized spacial score (nSPS) is 15.3. The van der Waals surface area contributed by atoms with Crippen LogP contribution in [0.25, 0.3) is 0 Å². The molecule has 1 fully saturated rings. The molecule has 2 aromatic rings. The number of carbonyl (C=O) groups is 1. The molecule has 0 atom stereocenters. The molecular formula is C19H23ClN4O3S. The molecule has 150 valence electrons. The number of nitrogens with one attached hydrogen (secondary N) is 2. The summed E-state index contributed by atoms with van der Waals surface area (Å²) in [7, 11) is -1.33. The van der Waals surface area contributed by atoms with Gasteiger partial charge in [-0.15, -0.1) is 0 Å². The van der Waals surface area contributed by atoms with Gasteiger partial charge in [-0.3, -0.25) is 9.52 Å². The van der Waals surface area contributed by atoms with Gasteiger partial charge in [0.1, 0.15) is 0 Å². The summed E-state index contributed by atoms with van der Waals surface area (Å²) in [4.78, 5) is 17.2. The maximum atomic E-state index is 12.6. The Morgan fingerprint density at radius 2 is 1.61 bits per heavy atom. The van der Waals surface area contributed by atoms with Crippen LogP contribution in [0.1, 0.15) is 10.4 Å². The first kappa shape index (κ1) is 20.4. The second-order valence-corrected chi connectivity index (χ2v) is 9.02. The Labute approximate surface area is 170 Å². The molecule has 0 spiro atoms. The zero-order valence-corrected chi connectivity index (χ0v) is 17.3. The molecular weight excluding hydrogens is 400 g/mol. The van der Waals surface area contributed by atoms with Crippen molar-refractivity contribution in [1.82, 2.24) is 4.90 Å². The van der Waals surface area contributed by atoms with Crippen LogP contribution in [0.4, 0.5) is 17.1 Å². The molecule has 0 aliphatic carbocycles. The lowest BCUT2D eigenvalue weighted by Gasteiger charge is -2.34. The minimum Gasteiger partial charge on any atom is -0.369 e. The van der Waals surface area contributed by atoms with E-state index in [2.05, 4.69) is 26.9 Å². The van der Waals surface area contributed by atoms with Crippen LogP contribution in [-0.2, 0) is 10.0 Å². The standard InChI is InChI=1S/C19H23ClN4O3S/c1-23-9-11-24(12-10-23)16-6-3-14(4-7-16)21-19(25)17-13-15(5-8-18(17)20)22-28(2,26)27/h3-8,13,22H,9-12H2,1-2H3,(H,21,25). The fraction of sp³-hybridized carbons (Fsp3) is 0.316. The number of likely N-dealkylation sites (N-methyl/N-ethyl adjacent to an activating group) is 1. The number of benzene rings is 2. The van der Waals surface area contributed by atoms with Gasteiger partial charge < -0.3 is 15.1 Å². The molecule has 7 nitrogen and oxygen atoms in total. The van der Waals surface area contributed by atoms with Crippen LogP contribution < -0.4 is 14.9 Å². The van der Waals surface area contributed by atoms with Crippen LogP contribution in [-0.4, -0.2) is 58.7 Å². The minimum absolute atomic E-state index is 0.193. The highest BCUT2D eigenvalue weighted by molar-refractivity contribution is 7.92. The smallest absolute Gasteiger partial charge is 0.257 e. The molecule has 2 aromatic carbocycles. The Balaban J connectivity index is 1.70. The lowest BCUT2D eigenvalue weighted by Crippen LogP contribution is -2.44. The first-order valence-corrected chi connectivity index (χ1v) is 11.1. The summed E-state index contributed by atoms with van der Waals surface area (Å²) in [5, 5.41) is 3.04. The lowest BCUT2D eigenvalue weighted by molar-refractivity contribution is 0.102. The summed E-state index contributed by atoms with van der Waals surface area (Å²) in [5.41, 5.74) is 2.23. The van der Waals surface area contributed by atoms with E-state index in [1.807, 2.05) is 24.3 Å². The van der Waals surface area contributed by atoms with Crippen molar-refractivity contribution in [2.75, 3.05) is 54.4 Å². The van der Waals surface area contributed by atoms with Crippen LogP contribution in [0.5, 0.6) is 0 Å². The number of hydrogen-bond donors (Lipinski definition) is 2. The molecule has 1 aliphatic heterocycles. The maximum Gasteiger partial charge on any atom is 0.257 e. The van der Waals surface area contributed by atoms with E-state index in [-0.39, 0.29) is 16.3 Å². The van der Waals surface area contributed by atoms with Gasteiger partial charge >= 0.3 is 0 Å². The molecule has 1 amide bonds. The van der Waals surface area contributed by atoms with Gasteiger partial charge in [0, 0.05) is 43.2 Å². The average Bonchev–Trinajstić information content (AvgIpc) is 2.63. The van der Waals surface area contributed by atoms with E-state index in [9.17, 15) is 13.2 Å². The molecule has 28 heavy (non-hydrogen) atoms. The lowest BCUT2D eigenvalue weighted by atomic mass is 10.1. The van der Waals surface area contributed by atoms with E-state index in [1.54, 1.807) is 0 Å². The van der Waals surface area contributed by atoms with E-state index in [4.69, 9.17) is 11.6 Å². The minimum atomic E-state index is -3.44. The molecule has 1 heterocycles. The number of halogens is 1. The zero-order valence-electron chi connectivity index (χ0n) is 15.8. The summed E-state index contributed by atoms with van der Waals surface area (Å²) < 4.78 is 25.1. The van der Waals surface area contributed by atoms with Crippen molar-refractivity contribution in [3.8, 4) is 0 Å². The third kappa shape index (κ3) is 5.37. The van der Waals surface area contributed by atoms with Crippen molar-refractivity contribution in [2.45, 2.75) is 0 Å². The number of hydrogen-bond acceptors (Lipinski definition) is 5. The van der Waals surface area contributed by atoms with Crippen LogP contribution in [0.15, 0.2) is 42.5 Å². The number of rotatable bonds is 5. The fourth-order valence-electron chi connectivity index (χ4n) is 3.00. The number of piperazine rings is 1. The molecule has 0 saturated carbocycles. The first-order chi connectivity index (χ1) is 13.2. The molecule has 0 unspecified atom stereocenters. The number of sulfonamides is 1. The summed E-state index contributed by atoms with van der Waals surface area (Å²) in [6.45, 7) is 3.99. The zero-order chi connectivity index (χ0) is 20.3. The summed E-state index contributed by atoms with van der Waals surface area (Å²) in [5.74, 6) is -0.408. The largest absolute Gasteiger partial charge is 0.369 e. The van der Waals surface area contributed by atoms with Crippen LogP contribution >= 0.6 is 11.6 Å². The number of carbonyl (C=O) groups excluding carboxylic acids is 1. The average molecular weight is 423 g/mol. The summed E-state index contributed by atoms with van der Waals surface area (Å²) in [6.07, 6.45) is 1.04. The number of amides is 1. The molecule has 0 bridgehead atoms. The first-order valence-electron chi connectivity index (χ1n) is 8.83. The van der Waals surface area contributed by atoms with Crippen molar-refractivity contribution in [3.05, 3.63) is 53.1 Å². The monoisotopic (exact) mass is 422 g/mol. The van der Waals surface area contributed by atoms with Crippen LogP contribution in [0.2, 0.25) is 5.02 Å². The van der Waals surface area contributed by atoms with E-state index in [1.165, 1.54) is 18.2 Å². The topological polar surface area (TPSA) is 81.8 Å². The van der Waals surface area contributed by atoms with Crippen molar-refractivity contribution >= 4 is 44.6 Å². The second-order valence-electron chi connectivity index (χ2n) is 6.86. The molecule has 0 radical (unpaired) electrons. The molecule has 1 saturated heterocycles. The van der Waals surface area contributed by atoms with Gasteiger partial charge in [0.2, 0.25) is 10.0 Å². The van der Waals surface area contributed by atoms with Crippen LogP contribution in [0.3, 0.4) is 0 Å². The van der Waals surface area contributed by atoms with Gasteiger partial charge in [-0.05, 0) is 49.5 Å². The van der Waals surface area contributed by atoms with Gasteiger partial charge in [0.05, 0.1) is 16.8 Å². The van der Waals surface area contributed by atoms with E-state index < -0.39 is 15.9 Å². The maximum absolute atomic E-state index is 12.6. The highest BCUT2D eigenvalue weighted by atomic mass is 35.5. The van der Waals surface area contributed by atoms with Gasteiger partial charge in [0.15, 0.2) is 0 Å². The van der Waals surface area contributed by atoms with E-state index >= 15 is 0 Å². The highest BCUT2D eigenvalue weighted by Gasteiger charge is 2.15. The molecule has 3 rings (SSSR count). The summed E-state index contributed by atoms with van der Waals surface area (Å²) >= 11 is 6.12. The van der Waals surface area contributed by atoms with Gasteiger partial charge in [-0.25, -0.2) is 8.42 Å². The third-order valence-corrected chi connectivity index (χ3v) is 5.44. The molecule has 0 aromatic heterocycles. The molecule has 9 heteroatoms. The van der Waals surface area contributed by atoms with Crippen molar-refractivity contribution in [1.29, 1.82) is 0 Å². The summed E-state index contributed by atoms with van der Waals surface area (Å²) in [6, 6.07) is 12.0. The van der Waals surface area contributed by atoms with Gasteiger partial charge in [-0.2, -0.15) is 0 Å². The molecule has 1 aliphatic rings. The Morgan fingerprint density at radius 3 is 2.21 bits per heavy atom. The van der Waals surface area contributed by atoms with Crippen molar-refractivity contribution in [3.63, 3.8) is 0 Å². The second kappa shape index (κ2) is 8.38. The third-order valence-electron chi connectivity index (χ3n) is 4.51. The van der Waals surface area contributed by atoms with Crippen molar-refractivity contribution < 1.29 is 13.2 Å². The van der Waals surface area contributed by atoms with Crippen molar-refractivity contribution in [2.24, 2.45) is 0 Å². The van der Waals surface area contributed by atoms with Gasteiger partial charge in [0.25, 0.3) is 5.91 Å². The predicted octanol–water partition coefficient (Wildman–Crippen LogP) is 2.72. The quantitative estimate of drug-likeness (QED) is 0.774. The number of anilines is 3. The Bertz CT molecular complexity index is 956. The SMILES string of the molecule is CN1CCN(c2ccc(NC(=O)c3cc(NS(C)(=O)=O)ccc3Cl)cc2)CC1. The Kier molecular flexibility index (Phi) is 6.12. The predicted molar refractivity (Wildman–Crippen MR) is 114 cm³/mol. The number of nitrogens with zero attached hydrogens (tertiary/aromatic N) is 2. The fourth-order valence-corrected chi connectivity index (χ4v) is 3.75.